The molecule has 186 valence electrons. The van der Waals surface area contributed by atoms with Gasteiger partial charge in [0.15, 0.2) is 0 Å². The first-order chi connectivity index (χ1) is 16.4. The first-order valence-electron chi connectivity index (χ1n) is 12.4. The highest BCUT2D eigenvalue weighted by atomic mass is 19.1. The van der Waals surface area contributed by atoms with Crippen LogP contribution in [0.5, 0.6) is 5.75 Å². The van der Waals surface area contributed by atoms with Crippen molar-refractivity contribution in [1.82, 2.24) is 9.47 Å². The molecule has 34 heavy (non-hydrogen) atoms. The lowest BCUT2D eigenvalue weighted by atomic mass is 9.78. The first-order valence-corrected chi connectivity index (χ1v) is 12.4. The molecule has 3 heterocycles. The number of aromatic nitrogens is 1. The number of carbonyl (C=O) groups is 1. The second kappa shape index (κ2) is 10.9. The topological polar surface area (TPSA) is 52.9 Å². The lowest BCUT2D eigenvalue weighted by Crippen LogP contribution is -2.51. The Balaban J connectivity index is 1.29. The number of aryl methyl sites for hydroxylation is 1. The fourth-order valence-corrected chi connectivity index (χ4v) is 5.43. The van der Waals surface area contributed by atoms with Gasteiger partial charge in [-0.3, -0.25) is 4.79 Å². The van der Waals surface area contributed by atoms with Crippen molar-refractivity contribution in [2.45, 2.75) is 58.1 Å². The van der Waals surface area contributed by atoms with Crippen LogP contribution < -0.4 is 4.74 Å². The third kappa shape index (κ3) is 5.63. The Morgan fingerprint density at radius 3 is 2.62 bits per heavy atom. The smallest absolute Gasteiger partial charge is 0.255 e. The Labute approximate surface area is 202 Å². The molecule has 6 nitrogen and oxygen atoms in total. The van der Waals surface area contributed by atoms with Crippen LogP contribution in [-0.2, 0) is 16.0 Å². The summed E-state index contributed by atoms with van der Waals surface area (Å²) < 4.78 is 32.5. The van der Waals surface area contributed by atoms with E-state index in [1.54, 1.807) is 19.2 Å². The molecule has 1 spiro atoms. The van der Waals surface area contributed by atoms with Crippen LogP contribution >= 0.6 is 0 Å². The van der Waals surface area contributed by atoms with Gasteiger partial charge in [-0.25, -0.2) is 4.39 Å². The van der Waals surface area contributed by atoms with Crippen LogP contribution in [-0.4, -0.2) is 61.0 Å². The summed E-state index contributed by atoms with van der Waals surface area (Å²) in [5.74, 6) is 1.11. The summed E-state index contributed by atoms with van der Waals surface area (Å²) in [6, 6.07) is 8.19. The SMILES string of the molecule is COCCn1c(C)cc(C(=O)N2CCC3(CC2)CC(CCOc2ccc(F)cc2)CCO3)c1C. The minimum atomic E-state index is -0.252. The van der Waals surface area contributed by atoms with Crippen molar-refractivity contribution in [3.05, 3.63) is 53.1 Å². The molecule has 0 radical (unpaired) electrons. The zero-order chi connectivity index (χ0) is 24.1. The zero-order valence-corrected chi connectivity index (χ0v) is 20.6. The van der Waals surface area contributed by atoms with E-state index in [4.69, 9.17) is 14.2 Å². The van der Waals surface area contributed by atoms with Crippen LogP contribution in [0.4, 0.5) is 4.39 Å². The van der Waals surface area contributed by atoms with E-state index >= 15 is 0 Å². The maximum Gasteiger partial charge on any atom is 0.255 e. The molecule has 1 aromatic heterocycles. The molecule has 1 atom stereocenters. The first kappa shape index (κ1) is 24.7. The van der Waals surface area contributed by atoms with E-state index in [0.29, 0.717) is 24.9 Å². The number of halogens is 1. The molecule has 2 saturated heterocycles. The number of hydrogen-bond acceptors (Lipinski definition) is 4. The van der Waals surface area contributed by atoms with Gasteiger partial charge in [0.05, 0.1) is 24.4 Å². The van der Waals surface area contributed by atoms with Crippen LogP contribution in [0.15, 0.2) is 30.3 Å². The maximum absolute atomic E-state index is 13.3. The Morgan fingerprint density at radius 1 is 1.18 bits per heavy atom. The molecule has 0 saturated carbocycles. The van der Waals surface area contributed by atoms with Crippen molar-refractivity contribution in [3.63, 3.8) is 0 Å². The van der Waals surface area contributed by atoms with Crippen LogP contribution in [0, 0.1) is 25.6 Å². The lowest BCUT2D eigenvalue weighted by Gasteiger charge is -2.46. The van der Waals surface area contributed by atoms with Gasteiger partial charge >= 0.3 is 0 Å². The fourth-order valence-electron chi connectivity index (χ4n) is 5.43. The average molecular weight is 473 g/mol. The quantitative estimate of drug-likeness (QED) is 0.556. The van der Waals surface area contributed by atoms with Crippen molar-refractivity contribution in [2.24, 2.45) is 5.92 Å². The summed E-state index contributed by atoms with van der Waals surface area (Å²) >= 11 is 0. The van der Waals surface area contributed by atoms with Crippen molar-refractivity contribution in [2.75, 3.05) is 40.0 Å². The molecule has 0 N–H and O–H groups in total. The highest BCUT2D eigenvalue weighted by Gasteiger charge is 2.41. The normalized spacial score (nSPS) is 20.0. The summed E-state index contributed by atoms with van der Waals surface area (Å²) in [5, 5.41) is 0. The molecule has 0 aliphatic carbocycles. The third-order valence-corrected chi connectivity index (χ3v) is 7.49. The van der Waals surface area contributed by atoms with E-state index in [-0.39, 0.29) is 17.3 Å². The number of ether oxygens (including phenoxy) is 3. The molecule has 2 aromatic rings. The zero-order valence-electron chi connectivity index (χ0n) is 20.6. The number of piperidine rings is 1. The molecule has 4 rings (SSSR count). The Bertz CT molecular complexity index is 964. The standard InChI is InChI=1S/C27H37FN2O4/c1-20-18-25(21(2)30(20)14-17-32-3)26(31)29-12-10-27(11-13-29)19-22(9-16-34-27)8-15-33-24-6-4-23(28)5-7-24/h4-7,18,22H,8-17,19H2,1-3H3. The van der Waals surface area contributed by atoms with Gasteiger partial charge in [0, 0.05) is 44.7 Å². The molecule has 7 heteroatoms. The van der Waals surface area contributed by atoms with E-state index in [0.717, 1.165) is 75.3 Å². The van der Waals surface area contributed by atoms with Gasteiger partial charge < -0.3 is 23.7 Å². The Morgan fingerprint density at radius 2 is 1.91 bits per heavy atom. The number of hydrogen-bond donors (Lipinski definition) is 0. The number of carbonyl (C=O) groups excluding carboxylic acids is 1. The molecule has 2 fully saturated rings. The number of benzene rings is 1. The molecule has 2 aliphatic heterocycles. The van der Waals surface area contributed by atoms with Gasteiger partial charge in [-0.15, -0.1) is 0 Å². The maximum atomic E-state index is 13.3. The Hall–Kier alpha value is -2.38. The van der Waals surface area contributed by atoms with Crippen molar-refractivity contribution >= 4 is 5.91 Å². The van der Waals surface area contributed by atoms with E-state index in [9.17, 15) is 9.18 Å². The second-order valence-electron chi connectivity index (χ2n) is 9.70. The van der Waals surface area contributed by atoms with Gasteiger partial charge in [-0.2, -0.15) is 0 Å². The summed E-state index contributed by atoms with van der Waals surface area (Å²) in [5.41, 5.74) is 2.76. The number of methoxy groups -OCH3 is 1. The largest absolute Gasteiger partial charge is 0.494 e. The van der Waals surface area contributed by atoms with E-state index in [1.165, 1.54) is 12.1 Å². The van der Waals surface area contributed by atoms with E-state index < -0.39 is 0 Å². The van der Waals surface area contributed by atoms with Gasteiger partial charge in [0.1, 0.15) is 11.6 Å². The van der Waals surface area contributed by atoms with Crippen LogP contribution in [0.1, 0.15) is 53.8 Å². The molecule has 0 bridgehead atoms. The Kier molecular flexibility index (Phi) is 7.94. The van der Waals surface area contributed by atoms with Gasteiger partial charge in [0.2, 0.25) is 0 Å². The molecular weight excluding hydrogens is 435 g/mol. The van der Waals surface area contributed by atoms with Crippen molar-refractivity contribution in [1.29, 1.82) is 0 Å². The second-order valence-corrected chi connectivity index (χ2v) is 9.70. The van der Waals surface area contributed by atoms with Crippen molar-refractivity contribution in [3.8, 4) is 5.75 Å². The van der Waals surface area contributed by atoms with Gasteiger partial charge in [0.25, 0.3) is 5.91 Å². The predicted molar refractivity (Wildman–Crippen MR) is 129 cm³/mol. The monoisotopic (exact) mass is 472 g/mol. The van der Waals surface area contributed by atoms with Crippen molar-refractivity contribution < 1.29 is 23.4 Å². The highest BCUT2D eigenvalue weighted by Crippen LogP contribution is 2.39. The van der Waals surface area contributed by atoms with E-state index in [1.807, 2.05) is 24.8 Å². The molecule has 1 unspecified atom stereocenters. The van der Waals surface area contributed by atoms with Gasteiger partial charge in [-0.1, -0.05) is 0 Å². The van der Waals surface area contributed by atoms with Crippen LogP contribution in [0.25, 0.3) is 0 Å². The minimum Gasteiger partial charge on any atom is -0.494 e. The molecular formula is C27H37FN2O4. The van der Waals surface area contributed by atoms with Gasteiger partial charge in [-0.05, 0) is 82.2 Å². The molecule has 1 aromatic carbocycles. The average Bonchev–Trinajstić information content (AvgIpc) is 3.12. The summed E-state index contributed by atoms with van der Waals surface area (Å²) in [7, 11) is 1.69. The lowest BCUT2D eigenvalue weighted by molar-refractivity contribution is -0.125. The summed E-state index contributed by atoms with van der Waals surface area (Å²) in [4.78, 5) is 15.3. The number of rotatable bonds is 8. The van der Waals surface area contributed by atoms with Crippen LogP contribution in [0.3, 0.4) is 0 Å². The molecule has 1 amide bonds. The predicted octanol–water partition coefficient (Wildman–Crippen LogP) is 4.76. The van der Waals surface area contributed by atoms with E-state index in [2.05, 4.69) is 4.57 Å². The fraction of sp³-hybridized carbons (Fsp3) is 0.593. The highest BCUT2D eigenvalue weighted by molar-refractivity contribution is 5.95. The number of nitrogens with zero attached hydrogens (tertiary/aromatic N) is 2. The van der Waals surface area contributed by atoms with Crippen LogP contribution in [0.2, 0.25) is 0 Å². The summed E-state index contributed by atoms with van der Waals surface area (Å²) in [6.45, 7) is 8.27. The number of likely N-dealkylation sites (tertiary alicyclic amines) is 1. The summed E-state index contributed by atoms with van der Waals surface area (Å²) in [6.07, 6.45) is 4.74. The third-order valence-electron chi connectivity index (χ3n) is 7.49. The molecule has 2 aliphatic rings. The number of amides is 1. The minimum absolute atomic E-state index is 0.117.